The van der Waals surface area contributed by atoms with Crippen molar-refractivity contribution < 1.29 is 63.4 Å². The number of fused-ring (bicyclic) bond motifs is 3. The van der Waals surface area contributed by atoms with Crippen LogP contribution >= 0.6 is 27.3 Å². The second-order valence-electron chi connectivity index (χ2n) is 3.07. The Bertz CT molecular complexity index is 549. The Kier molecular flexibility index (Phi) is 9.87. The van der Waals surface area contributed by atoms with E-state index in [4.69, 9.17) is 0 Å². The molecule has 0 N–H and O–H groups in total. The van der Waals surface area contributed by atoms with Crippen LogP contribution in [0.4, 0.5) is 0 Å². The summed E-state index contributed by atoms with van der Waals surface area (Å²) in [4.78, 5) is 1.38. The minimum Gasteiger partial charge on any atom is -1.00 e. The number of rotatable bonds is 0. The predicted octanol–water partition coefficient (Wildman–Crippen LogP) is -4.50. The van der Waals surface area contributed by atoms with Gasteiger partial charge in [-0.25, -0.2) is 0 Å². The predicted molar refractivity (Wildman–Crippen MR) is 61.7 cm³/mol. The van der Waals surface area contributed by atoms with Crippen LogP contribution in [0, 0.1) is 0 Å². The largest absolute Gasteiger partial charge is 4.00 e. The average molecular weight is 448 g/mol. The Balaban J connectivity index is 0. The van der Waals surface area contributed by atoms with E-state index < -0.39 is 0 Å². The summed E-state index contributed by atoms with van der Waals surface area (Å²) < 4.78 is 1.15. The summed E-state index contributed by atoms with van der Waals surface area (Å²) in [6.07, 6.45) is 0. The number of thiophene rings is 1. The maximum absolute atomic E-state index is 3.48. The molecule has 1 aromatic rings. The minimum absolute atomic E-state index is 0. The molecule has 0 unspecified atom stereocenters. The standard InChI is InChI=1S/C11H6BrS.3ClH.Zr/c12-8-1-2-9-7(5-8)6-11-10(9)3-4-13-11;;;;/h1-6H;3*1H;/q-1;;;;+4/p-3. The van der Waals surface area contributed by atoms with Gasteiger partial charge < -0.3 is 37.2 Å². The van der Waals surface area contributed by atoms with Crippen LogP contribution in [-0.4, -0.2) is 0 Å². The SMILES string of the molecule is Brc1ccc2c3c[cH-]sc-3cc2c1.[Cl-].[Cl-].[Cl-].[Zr+4]. The molecule has 1 aliphatic carbocycles. The molecule has 1 aromatic carbocycles. The van der Waals surface area contributed by atoms with Crippen LogP contribution in [0.2, 0.25) is 0 Å². The van der Waals surface area contributed by atoms with E-state index in [1.165, 1.54) is 21.2 Å². The third-order valence-electron chi connectivity index (χ3n) is 2.29. The van der Waals surface area contributed by atoms with Crippen molar-refractivity contribution in [1.82, 2.24) is 0 Å². The molecule has 0 aromatic heterocycles. The van der Waals surface area contributed by atoms with Crippen molar-refractivity contribution in [3.05, 3.63) is 40.2 Å². The maximum Gasteiger partial charge on any atom is 4.00 e. The smallest absolute Gasteiger partial charge is 1.00 e. The van der Waals surface area contributed by atoms with Crippen LogP contribution in [0.5, 0.6) is 0 Å². The van der Waals surface area contributed by atoms with Crippen LogP contribution in [0.25, 0.3) is 21.2 Å². The van der Waals surface area contributed by atoms with Crippen molar-refractivity contribution in [3.63, 3.8) is 0 Å². The van der Waals surface area contributed by atoms with E-state index in [0.717, 1.165) is 4.47 Å². The molecular weight excluding hydrogens is 442 g/mol. The fourth-order valence-electron chi connectivity index (χ4n) is 1.69. The van der Waals surface area contributed by atoms with Gasteiger partial charge in [0.2, 0.25) is 0 Å². The molecule has 0 amide bonds. The third kappa shape index (κ3) is 3.75. The Morgan fingerprint density at radius 3 is 2.47 bits per heavy atom. The van der Waals surface area contributed by atoms with Crippen LogP contribution in [0.3, 0.4) is 0 Å². The zero-order valence-corrected chi connectivity index (χ0v) is 15.5. The number of halogens is 4. The first-order valence-electron chi connectivity index (χ1n) is 4.07. The van der Waals surface area contributed by atoms with Crippen molar-refractivity contribution in [3.8, 4) is 10.4 Å². The van der Waals surface area contributed by atoms with Crippen LogP contribution in [0.1, 0.15) is 0 Å². The van der Waals surface area contributed by atoms with E-state index in [2.05, 4.69) is 51.6 Å². The van der Waals surface area contributed by atoms with Gasteiger partial charge in [0.25, 0.3) is 0 Å². The normalized spacial score (nSPS) is 8.76. The van der Waals surface area contributed by atoms with Crippen molar-refractivity contribution in [2.75, 3.05) is 0 Å². The Morgan fingerprint density at radius 1 is 1.06 bits per heavy atom. The summed E-state index contributed by atoms with van der Waals surface area (Å²) in [7, 11) is 0. The fraction of sp³-hybridized carbons (Fsp3) is 0. The van der Waals surface area contributed by atoms with E-state index in [-0.39, 0.29) is 63.4 Å². The molecule has 1 aliphatic heterocycles. The van der Waals surface area contributed by atoms with Crippen molar-refractivity contribution in [2.24, 2.45) is 0 Å². The monoisotopic (exact) mass is 444 g/mol. The van der Waals surface area contributed by atoms with Gasteiger partial charge in [-0.2, -0.15) is 11.6 Å². The quantitative estimate of drug-likeness (QED) is 0.305. The Morgan fingerprint density at radius 2 is 1.76 bits per heavy atom. The van der Waals surface area contributed by atoms with Gasteiger partial charge >= 0.3 is 26.2 Å². The van der Waals surface area contributed by atoms with Gasteiger partial charge in [0.1, 0.15) is 0 Å². The molecule has 1 heterocycles. The van der Waals surface area contributed by atoms with Gasteiger partial charge in [0, 0.05) is 4.47 Å². The topological polar surface area (TPSA) is 0 Å². The van der Waals surface area contributed by atoms with Crippen molar-refractivity contribution >= 4 is 38.0 Å². The molecule has 6 heteroatoms. The summed E-state index contributed by atoms with van der Waals surface area (Å²) in [5.74, 6) is 0. The Labute approximate surface area is 150 Å². The molecule has 0 atom stereocenters. The zero-order chi connectivity index (χ0) is 8.84. The van der Waals surface area contributed by atoms with E-state index in [9.17, 15) is 0 Å². The fourth-order valence-corrected chi connectivity index (χ4v) is 2.92. The summed E-state index contributed by atoms with van der Waals surface area (Å²) in [6, 6.07) is 10.9. The first-order chi connectivity index (χ1) is 6.34. The molecular formula is C11H6BrCl3SZr. The molecule has 0 nitrogen and oxygen atoms in total. The third-order valence-corrected chi connectivity index (χ3v) is 3.64. The minimum atomic E-state index is 0. The van der Waals surface area contributed by atoms with Gasteiger partial charge in [-0.15, -0.1) is 16.3 Å². The second-order valence-corrected chi connectivity index (χ2v) is 4.94. The summed E-state index contributed by atoms with van der Waals surface area (Å²) >= 11 is 5.28. The van der Waals surface area contributed by atoms with Crippen LogP contribution in [0.15, 0.2) is 40.2 Å². The van der Waals surface area contributed by atoms with Crippen molar-refractivity contribution in [1.29, 1.82) is 0 Å². The van der Waals surface area contributed by atoms with Gasteiger partial charge in [0.15, 0.2) is 0 Å². The number of hydrogen-bond donors (Lipinski definition) is 0. The molecule has 0 radical (unpaired) electrons. The van der Waals surface area contributed by atoms with E-state index >= 15 is 0 Å². The number of hydrogen-bond acceptors (Lipinski definition) is 1. The maximum atomic E-state index is 3.48. The van der Waals surface area contributed by atoms with Gasteiger partial charge in [0.05, 0.1) is 0 Å². The summed E-state index contributed by atoms with van der Waals surface area (Å²) in [5, 5.41) is 4.84. The molecule has 17 heavy (non-hydrogen) atoms. The van der Waals surface area contributed by atoms with Gasteiger partial charge in [-0.3, -0.25) is 11.3 Å². The first-order valence-corrected chi connectivity index (χ1v) is 5.74. The first kappa shape index (κ1) is 20.3. The van der Waals surface area contributed by atoms with E-state index in [1.807, 2.05) is 0 Å². The van der Waals surface area contributed by atoms with Crippen LogP contribution < -0.4 is 37.2 Å². The summed E-state index contributed by atoms with van der Waals surface area (Å²) in [5.41, 5.74) is 1.38. The zero-order valence-electron chi connectivity index (χ0n) is 8.38. The summed E-state index contributed by atoms with van der Waals surface area (Å²) in [6.45, 7) is 0. The Hall–Kier alpha value is 1.02. The molecule has 0 saturated carbocycles. The van der Waals surface area contributed by atoms with E-state index in [1.54, 1.807) is 11.3 Å². The molecule has 0 saturated heterocycles. The molecule has 3 rings (SSSR count). The molecule has 0 fully saturated rings. The van der Waals surface area contributed by atoms with Gasteiger partial charge in [-0.1, -0.05) is 27.4 Å². The molecule has 2 aliphatic rings. The average Bonchev–Trinajstić information content (AvgIpc) is 2.62. The van der Waals surface area contributed by atoms with Gasteiger partial charge in [-0.05, 0) is 17.5 Å². The van der Waals surface area contributed by atoms with Crippen LogP contribution in [-0.2, 0) is 26.2 Å². The molecule has 0 bridgehead atoms. The van der Waals surface area contributed by atoms with E-state index in [0.29, 0.717) is 0 Å². The molecule has 0 spiro atoms. The number of benzene rings is 1. The van der Waals surface area contributed by atoms with Crippen molar-refractivity contribution in [2.45, 2.75) is 0 Å². The molecule has 88 valence electrons. The second kappa shape index (κ2) is 8.25.